The van der Waals surface area contributed by atoms with Gasteiger partial charge < -0.3 is 9.84 Å². The number of epoxide rings is 1. The lowest BCUT2D eigenvalue weighted by Crippen LogP contribution is -2.50. The van der Waals surface area contributed by atoms with Crippen molar-refractivity contribution >= 4 is 0 Å². The van der Waals surface area contributed by atoms with Crippen LogP contribution in [0.15, 0.2) is 11.6 Å². The lowest BCUT2D eigenvalue weighted by Gasteiger charge is -2.57. The molecule has 0 aromatic rings. The Morgan fingerprint density at radius 2 is 1.97 bits per heavy atom. The summed E-state index contributed by atoms with van der Waals surface area (Å²) < 4.78 is 5.97. The van der Waals surface area contributed by atoms with Crippen LogP contribution in [0.4, 0.5) is 0 Å². The summed E-state index contributed by atoms with van der Waals surface area (Å²) in [6.07, 6.45) is 16.9. The first-order valence-electron chi connectivity index (χ1n) is 12.7. The largest absolute Gasteiger partial charge is 0.390 e. The summed E-state index contributed by atoms with van der Waals surface area (Å²) in [6, 6.07) is 0. The molecule has 1 aliphatic heterocycles. The van der Waals surface area contributed by atoms with Gasteiger partial charge in [-0.2, -0.15) is 0 Å². The van der Waals surface area contributed by atoms with E-state index in [4.69, 9.17) is 4.74 Å². The number of hydrogen-bond acceptors (Lipinski definition) is 2. The normalized spacial score (nSPS) is 49.4. The molecule has 4 fully saturated rings. The van der Waals surface area contributed by atoms with Crippen molar-refractivity contribution in [3.8, 4) is 0 Å². The zero-order chi connectivity index (χ0) is 20.6. The summed E-state index contributed by atoms with van der Waals surface area (Å²) in [6.45, 7) is 11.7. The standard InChI is InChI=1S/C27H44O2/c1-17(7-6-13-25(2,3)28)20-10-11-21-19-9-8-18-15-23-24(29-23)16-27(18,5)22(19)12-14-26(20,21)4/h8,17,19-24,28H,6-7,9-16H2,1-5H3/t17-,19+,20-,21+,22+,23?,24?,26-,27+/m1/s1. The minimum atomic E-state index is -0.508. The first kappa shape index (κ1) is 20.6. The lowest BCUT2D eigenvalue weighted by atomic mass is 9.47. The molecule has 2 nitrogen and oxygen atoms in total. The van der Waals surface area contributed by atoms with E-state index in [-0.39, 0.29) is 0 Å². The maximum absolute atomic E-state index is 10.1. The van der Waals surface area contributed by atoms with E-state index in [1.807, 2.05) is 13.8 Å². The van der Waals surface area contributed by atoms with E-state index in [1.165, 1.54) is 57.8 Å². The van der Waals surface area contributed by atoms with Gasteiger partial charge >= 0.3 is 0 Å². The number of fused-ring (bicyclic) bond motifs is 6. The van der Waals surface area contributed by atoms with E-state index >= 15 is 0 Å². The molecule has 9 atom stereocenters. The average molecular weight is 401 g/mol. The third-order valence-electron chi connectivity index (χ3n) is 10.6. The Morgan fingerprint density at radius 1 is 1.17 bits per heavy atom. The van der Waals surface area contributed by atoms with Gasteiger partial charge in [-0.3, -0.25) is 0 Å². The van der Waals surface area contributed by atoms with Gasteiger partial charge in [0.25, 0.3) is 0 Å². The molecular formula is C27H44O2. The van der Waals surface area contributed by atoms with Crippen molar-refractivity contribution < 1.29 is 9.84 Å². The number of ether oxygens (including phenoxy) is 1. The minimum Gasteiger partial charge on any atom is -0.390 e. The van der Waals surface area contributed by atoms with Crippen molar-refractivity contribution in [1.29, 1.82) is 0 Å². The van der Waals surface area contributed by atoms with Crippen molar-refractivity contribution in [2.45, 2.75) is 117 Å². The first-order chi connectivity index (χ1) is 13.6. The molecule has 0 aromatic heterocycles. The van der Waals surface area contributed by atoms with Gasteiger partial charge in [-0.15, -0.1) is 0 Å². The SMILES string of the molecule is C[C@H](CCCC(C)(C)O)[C@H]1CC[C@H]2[C@@H]3CC=C4CC5OC5C[C@]4(C)[C@H]3CC[C@]12C. The lowest BCUT2D eigenvalue weighted by molar-refractivity contribution is -0.0492. The predicted molar refractivity (Wildman–Crippen MR) is 119 cm³/mol. The van der Waals surface area contributed by atoms with Gasteiger partial charge in [-0.25, -0.2) is 0 Å². The van der Waals surface area contributed by atoms with Crippen LogP contribution in [0.1, 0.15) is 98.8 Å². The smallest absolute Gasteiger partial charge is 0.0879 e. The number of aliphatic hydroxyl groups is 1. The van der Waals surface area contributed by atoms with Crippen LogP contribution in [0, 0.1) is 40.4 Å². The van der Waals surface area contributed by atoms with Gasteiger partial charge in [0, 0.05) is 0 Å². The maximum Gasteiger partial charge on any atom is 0.0879 e. The molecule has 1 heterocycles. The van der Waals surface area contributed by atoms with Crippen LogP contribution in [0.5, 0.6) is 0 Å². The van der Waals surface area contributed by atoms with E-state index in [9.17, 15) is 5.11 Å². The molecule has 0 bridgehead atoms. The molecule has 164 valence electrons. The monoisotopic (exact) mass is 400 g/mol. The summed E-state index contributed by atoms with van der Waals surface area (Å²) >= 11 is 0. The molecule has 1 N–H and O–H groups in total. The van der Waals surface area contributed by atoms with Crippen molar-refractivity contribution in [2.75, 3.05) is 0 Å². The van der Waals surface area contributed by atoms with E-state index in [1.54, 1.807) is 5.57 Å². The predicted octanol–water partition coefficient (Wildman–Crippen LogP) is 6.52. The Morgan fingerprint density at radius 3 is 2.72 bits per heavy atom. The van der Waals surface area contributed by atoms with Gasteiger partial charge in [-0.05, 0) is 106 Å². The zero-order valence-corrected chi connectivity index (χ0v) is 19.5. The molecule has 3 saturated carbocycles. The van der Waals surface area contributed by atoms with E-state index < -0.39 is 5.60 Å². The van der Waals surface area contributed by atoms with Crippen molar-refractivity contribution in [3.63, 3.8) is 0 Å². The van der Waals surface area contributed by atoms with Crippen molar-refractivity contribution in [1.82, 2.24) is 0 Å². The molecule has 2 heteroatoms. The second kappa shape index (κ2) is 6.83. The molecule has 5 rings (SSSR count). The fraction of sp³-hybridized carbons (Fsp3) is 0.926. The van der Waals surface area contributed by atoms with E-state index in [0.717, 1.165) is 36.0 Å². The Balaban J connectivity index is 1.30. The Hall–Kier alpha value is -0.340. The zero-order valence-electron chi connectivity index (χ0n) is 19.5. The fourth-order valence-electron chi connectivity index (χ4n) is 8.96. The summed E-state index contributed by atoms with van der Waals surface area (Å²) in [5.74, 6) is 4.41. The molecule has 1 saturated heterocycles. The van der Waals surface area contributed by atoms with Gasteiger partial charge in [0.2, 0.25) is 0 Å². The third-order valence-corrected chi connectivity index (χ3v) is 10.6. The van der Waals surface area contributed by atoms with E-state index in [0.29, 0.717) is 23.0 Å². The van der Waals surface area contributed by atoms with Gasteiger partial charge in [-0.1, -0.05) is 45.3 Å². The van der Waals surface area contributed by atoms with Crippen LogP contribution in [-0.2, 0) is 4.74 Å². The highest BCUT2D eigenvalue weighted by atomic mass is 16.6. The van der Waals surface area contributed by atoms with Gasteiger partial charge in [0.15, 0.2) is 0 Å². The maximum atomic E-state index is 10.1. The topological polar surface area (TPSA) is 32.8 Å². The molecule has 29 heavy (non-hydrogen) atoms. The Bertz CT molecular complexity index is 675. The highest BCUT2D eigenvalue weighted by Crippen LogP contribution is 2.68. The molecule has 2 unspecified atom stereocenters. The van der Waals surface area contributed by atoms with Crippen LogP contribution in [0.2, 0.25) is 0 Å². The second-order valence-electron chi connectivity index (χ2n) is 12.8. The van der Waals surface area contributed by atoms with Crippen molar-refractivity contribution in [3.05, 3.63) is 11.6 Å². The van der Waals surface area contributed by atoms with Crippen molar-refractivity contribution in [2.24, 2.45) is 40.4 Å². The quantitative estimate of drug-likeness (QED) is 0.421. The third kappa shape index (κ3) is 3.36. The Labute approximate surface area is 178 Å². The van der Waals surface area contributed by atoms with Crippen LogP contribution in [-0.4, -0.2) is 22.9 Å². The van der Waals surface area contributed by atoms with E-state index in [2.05, 4.69) is 26.8 Å². The molecule has 0 aromatic carbocycles. The average Bonchev–Trinajstić information content (AvgIpc) is 3.27. The first-order valence-corrected chi connectivity index (χ1v) is 12.7. The Kier molecular flexibility index (Phi) is 4.84. The number of rotatable bonds is 5. The summed E-state index contributed by atoms with van der Waals surface area (Å²) in [4.78, 5) is 0. The van der Waals surface area contributed by atoms with Crippen LogP contribution < -0.4 is 0 Å². The second-order valence-corrected chi connectivity index (χ2v) is 12.8. The molecule has 0 spiro atoms. The van der Waals surface area contributed by atoms with Crippen LogP contribution in [0.3, 0.4) is 0 Å². The van der Waals surface area contributed by atoms with Crippen LogP contribution >= 0.6 is 0 Å². The summed E-state index contributed by atoms with van der Waals surface area (Å²) in [7, 11) is 0. The van der Waals surface area contributed by atoms with Gasteiger partial charge in [0.1, 0.15) is 0 Å². The molecule has 4 aliphatic carbocycles. The number of allylic oxidation sites excluding steroid dienone is 1. The summed E-state index contributed by atoms with van der Waals surface area (Å²) in [5, 5.41) is 10.1. The fourth-order valence-corrected chi connectivity index (χ4v) is 8.96. The molecule has 0 amide bonds. The highest BCUT2D eigenvalue weighted by Gasteiger charge is 2.61. The molecule has 0 radical (unpaired) electrons. The summed E-state index contributed by atoms with van der Waals surface area (Å²) in [5.41, 5.74) is 2.23. The molecular weight excluding hydrogens is 356 g/mol. The highest BCUT2D eigenvalue weighted by molar-refractivity contribution is 5.28. The van der Waals surface area contributed by atoms with Gasteiger partial charge in [0.05, 0.1) is 17.8 Å². The molecule has 5 aliphatic rings. The minimum absolute atomic E-state index is 0.429. The van der Waals surface area contributed by atoms with Crippen LogP contribution in [0.25, 0.3) is 0 Å². The number of hydrogen-bond donors (Lipinski definition) is 1.